The van der Waals surface area contributed by atoms with Crippen molar-refractivity contribution >= 4 is 29.2 Å². The number of aromatic nitrogens is 4. The maximum atomic E-state index is 12.4. The van der Waals surface area contributed by atoms with Gasteiger partial charge in [0.15, 0.2) is 18.1 Å². The van der Waals surface area contributed by atoms with Crippen LogP contribution in [0.4, 0.5) is 5.69 Å². The van der Waals surface area contributed by atoms with Crippen molar-refractivity contribution in [3.63, 3.8) is 0 Å². The van der Waals surface area contributed by atoms with Crippen molar-refractivity contribution in [2.45, 2.75) is 6.73 Å². The van der Waals surface area contributed by atoms with E-state index in [9.17, 15) is 9.59 Å². The highest BCUT2D eigenvalue weighted by molar-refractivity contribution is 6.30. The van der Waals surface area contributed by atoms with Crippen molar-refractivity contribution in [3.8, 4) is 5.75 Å². The lowest BCUT2D eigenvalue weighted by Gasteiger charge is -2.06. The number of halogens is 1. The third-order valence-corrected chi connectivity index (χ3v) is 3.72. The lowest BCUT2D eigenvalue weighted by Crippen LogP contribution is -2.16. The highest BCUT2D eigenvalue weighted by atomic mass is 35.5. The Kier molecular flexibility index (Phi) is 5.41. The molecule has 0 saturated carbocycles. The van der Waals surface area contributed by atoms with E-state index in [0.29, 0.717) is 10.8 Å². The second-order valence-electron chi connectivity index (χ2n) is 5.48. The second kappa shape index (κ2) is 7.92. The molecular weight excluding hydrogens is 374 g/mol. The highest BCUT2D eigenvalue weighted by Crippen LogP contribution is 2.18. The molecule has 3 rings (SSSR count). The molecule has 1 aromatic carbocycles. The van der Waals surface area contributed by atoms with Gasteiger partial charge >= 0.3 is 5.97 Å². The van der Waals surface area contributed by atoms with Gasteiger partial charge in [0.25, 0.3) is 5.91 Å². The van der Waals surface area contributed by atoms with Gasteiger partial charge in [-0.2, -0.15) is 10.2 Å². The topological polar surface area (TPSA) is 100 Å². The van der Waals surface area contributed by atoms with Crippen LogP contribution in [-0.4, -0.2) is 38.5 Å². The summed E-state index contributed by atoms with van der Waals surface area (Å²) >= 11 is 5.90. The molecule has 2 aromatic heterocycles. The van der Waals surface area contributed by atoms with Gasteiger partial charge in [0.1, 0.15) is 5.75 Å². The number of benzene rings is 1. The number of nitrogens with zero attached hydrogens (tertiary/aromatic N) is 4. The van der Waals surface area contributed by atoms with Gasteiger partial charge in [-0.1, -0.05) is 17.7 Å². The van der Waals surface area contributed by atoms with E-state index in [4.69, 9.17) is 16.3 Å². The number of nitrogens with one attached hydrogen (secondary N) is 1. The van der Waals surface area contributed by atoms with Crippen LogP contribution in [0.3, 0.4) is 0 Å². The Hall–Kier alpha value is -3.33. The third kappa shape index (κ3) is 4.45. The van der Waals surface area contributed by atoms with Crippen LogP contribution in [0.1, 0.15) is 21.0 Å². The number of rotatable bonds is 6. The van der Waals surface area contributed by atoms with Gasteiger partial charge in [-0.3, -0.25) is 9.48 Å². The summed E-state index contributed by atoms with van der Waals surface area (Å²) in [5.74, 6) is -0.553. The smallest absolute Gasteiger partial charge is 0.360 e. The van der Waals surface area contributed by atoms with Crippen LogP contribution in [0.2, 0.25) is 5.02 Å². The van der Waals surface area contributed by atoms with Gasteiger partial charge in [0.2, 0.25) is 0 Å². The molecule has 0 bridgehead atoms. The summed E-state index contributed by atoms with van der Waals surface area (Å²) in [4.78, 5) is 24.1. The molecule has 27 heavy (non-hydrogen) atoms. The zero-order chi connectivity index (χ0) is 19.4. The van der Waals surface area contributed by atoms with E-state index >= 15 is 0 Å². The van der Waals surface area contributed by atoms with Crippen LogP contribution in [0, 0.1) is 0 Å². The highest BCUT2D eigenvalue weighted by Gasteiger charge is 2.20. The molecule has 10 heteroatoms. The molecule has 140 valence electrons. The van der Waals surface area contributed by atoms with Crippen molar-refractivity contribution in [2.75, 3.05) is 12.4 Å². The Balaban J connectivity index is 1.66. The largest absolute Gasteiger partial charge is 0.471 e. The Morgan fingerprint density at radius 3 is 2.81 bits per heavy atom. The summed E-state index contributed by atoms with van der Waals surface area (Å²) in [7, 11) is 2.87. The second-order valence-corrected chi connectivity index (χ2v) is 5.92. The number of carbonyl (C=O) groups is 2. The summed E-state index contributed by atoms with van der Waals surface area (Å²) in [6.07, 6.45) is 3.10. The summed E-state index contributed by atoms with van der Waals surface area (Å²) < 4.78 is 13.1. The number of hydrogen-bond donors (Lipinski definition) is 1. The maximum Gasteiger partial charge on any atom is 0.360 e. The molecule has 0 radical (unpaired) electrons. The van der Waals surface area contributed by atoms with Crippen LogP contribution < -0.4 is 10.1 Å². The van der Waals surface area contributed by atoms with Crippen LogP contribution in [0.5, 0.6) is 5.75 Å². The van der Waals surface area contributed by atoms with Crippen molar-refractivity contribution in [2.24, 2.45) is 7.05 Å². The van der Waals surface area contributed by atoms with Gasteiger partial charge in [-0.05, 0) is 24.3 Å². The Labute approximate surface area is 159 Å². The fourth-order valence-electron chi connectivity index (χ4n) is 2.27. The van der Waals surface area contributed by atoms with Crippen molar-refractivity contribution in [3.05, 3.63) is 59.1 Å². The van der Waals surface area contributed by atoms with Gasteiger partial charge in [0, 0.05) is 24.5 Å². The van der Waals surface area contributed by atoms with E-state index in [2.05, 4.69) is 20.3 Å². The minimum absolute atomic E-state index is 0.0112. The Morgan fingerprint density at radius 2 is 2.07 bits per heavy atom. The van der Waals surface area contributed by atoms with E-state index in [1.165, 1.54) is 28.7 Å². The van der Waals surface area contributed by atoms with Crippen molar-refractivity contribution in [1.82, 2.24) is 19.6 Å². The van der Waals surface area contributed by atoms with Gasteiger partial charge in [0.05, 0.1) is 12.8 Å². The Morgan fingerprint density at radius 1 is 1.26 bits per heavy atom. The predicted molar refractivity (Wildman–Crippen MR) is 96.8 cm³/mol. The fourth-order valence-corrected chi connectivity index (χ4v) is 2.45. The first-order valence-electron chi connectivity index (χ1n) is 7.81. The third-order valence-electron chi connectivity index (χ3n) is 3.49. The van der Waals surface area contributed by atoms with E-state index in [1.807, 2.05) is 0 Å². The molecule has 2 heterocycles. The van der Waals surface area contributed by atoms with E-state index in [0.717, 1.165) is 0 Å². The van der Waals surface area contributed by atoms with Crippen LogP contribution in [-0.2, 0) is 18.5 Å². The fraction of sp³-hybridized carbons (Fsp3) is 0.176. The number of carbonyl (C=O) groups excluding carboxylic acids is 2. The normalized spacial score (nSPS) is 10.5. The molecule has 0 atom stereocenters. The maximum absolute atomic E-state index is 12.4. The zero-order valence-corrected chi connectivity index (χ0v) is 15.3. The Bertz CT molecular complexity index is 981. The number of methoxy groups -OCH3 is 1. The zero-order valence-electron chi connectivity index (χ0n) is 14.5. The van der Waals surface area contributed by atoms with E-state index in [1.54, 1.807) is 37.5 Å². The molecule has 0 aliphatic carbocycles. The summed E-state index contributed by atoms with van der Waals surface area (Å²) in [6.45, 7) is 0.105. The SMILES string of the molecule is COC(=O)c1nn(C)cc1NC(=O)c1ccn(COc2cccc(Cl)c2)n1. The number of anilines is 1. The van der Waals surface area contributed by atoms with Crippen molar-refractivity contribution < 1.29 is 19.1 Å². The first kappa shape index (κ1) is 18.5. The number of amides is 1. The number of hydrogen-bond acceptors (Lipinski definition) is 6. The van der Waals surface area contributed by atoms with Gasteiger partial charge in [-0.15, -0.1) is 0 Å². The minimum atomic E-state index is -0.647. The summed E-state index contributed by atoms with van der Waals surface area (Å²) in [5, 5.41) is 11.3. The molecule has 1 N–H and O–H groups in total. The molecule has 0 fully saturated rings. The minimum Gasteiger partial charge on any atom is -0.471 e. The van der Waals surface area contributed by atoms with Crippen LogP contribution in [0.15, 0.2) is 42.7 Å². The van der Waals surface area contributed by atoms with E-state index < -0.39 is 11.9 Å². The molecule has 0 spiro atoms. The first-order chi connectivity index (χ1) is 13.0. The lowest BCUT2D eigenvalue weighted by molar-refractivity contribution is 0.0594. The number of ether oxygens (including phenoxy) is 2. The summed E-state index contributed by atoms with van der Waals surface area (Å²) in [6, 6.07) is 8.48. The van der Waals surface area contributed by atoms with Crippen LogP contribution >= 0.6 is 11.6 Å². The molecule has 3 aromatic rings. The quantitative estimate of drug-likeness (QED) is 0.649. The van der Waals surface area contributed by atoms with Crippen LogP contribution in [0.25, 0.3) is 0 Å². The first-order valence-corrected chi connectivity index (χ1v) is 8.19. The number of esters is 1. The number of aryl methyl sites for hydroxylation is 1. The average Bonchev–Trinajstić information content (AvgIpc) is 3.26. The van der Waals surface area contributed by atoms with Gasteiger partial charge < -0.3 is 14.8 Å². The lowest BCUT2D eigenvalue weighted by atomic mass is 10.3. The molecule has 9 nitrogen and oxygen atoms in total. The van der Waals surface area contributed by atoms with Crippen molar-refractivity contribution in [1.29, 1.82) is 0 Å². The molecule has 0 unspecified atom stereocenters. The average molecular weight is 390 g/mol. The molecule has 0 aliphatic rings. The predicted octanol–water partition coefficient (Wildman–Crippen LogP) is 2.35. The summed E-state index contributed by atoms with van der Waals surface area (Å²) in [5.41, 5.74) is 0.403. The molecule has 1 amide bonds. The monoisotopic (exact) mass is 389 g/mol. The standard InChI is InChI=1S/C17H16ClN5O4/c1-22-9-14(15(21-22)17(25)26-2)19-16(24)13-6-7-23(20-13)10-27-12-5-3-4-11(18)8-12/h3-9H,10H2,1-2H3,(H,19,24). The molecule has 0 aliphatic heterocycles. The van der Waals surface area contributed by atoms with Gasteiger partial charge in [-0.25, -0.2) is 9.48 Å². The molecule has 0 saturated heterocycles. The van der Waals surface area contributed by atoms with E-state index in [-0.39, 0.29) is 23.8 Å². The molecular formula is C17H16ClN5O4.